The van der Waals surface area contributed by atoms with Crippen LogP contribution in [0.2, 0.25) is 0 Å². The molecule has 1 atom stereocenters. The lowest BCUT2D eigenvalue weighted by Gasteiger charge is -2.18. The highest BCUT2D eigenvalue weighted by Gasteiger charge is 2.31. The van der Waals surface area contributed by atoms with Crippen LogP contribution in [0.1, 0.15) is 12.8 Å². The van der Waals surface area contributed by atoms with Gasteiger partial charge in [-0.1, -0.05) is 18.2 Å². The Kier molecular flexibility index (Phi) is 6.17. The van der Waals surface area contributed by atoms with Gasteiger partial charge in [-0.15, -0.1) is 0 Å². The molecular weight excluding hydrogens is 348 g/mol. The van der Waals surface area contributed by atoms with E-state index in [0.29, 0.717) is 25.1 Å². The number of para-hydroxylation sites is 1. The predicted octanol–water partition coefficient (Wildman–Crippen LogP) is 3.45. The number of benzene rings is 2. The van der Waals surface area contributed by atoms with E-state index in [4.69, 9.17) is 4.74 Å². The fraction of sp³-hybridized carbons (Fsp3) is 0.300. The first-order valence-electron chi connectivity index (χ1n) is 8.57. The summed E-state index contributed by atoms with van der Waals surface area (Å²) in [5, 5.41) is 2.95. The zero-order valence-corrected chi connectivity index (χ0v) is 15.5. The first-order chi connectivity index (χ1) is 12.7. The fourth-order valence-electron chi connectivity index (χ4n) is 2.87. The molecule has 2 aromatic carbocycles. The number of anilines is 1. The van der Waals surface area contributed by atoms with E-state index < -0.39 is 0 Å². The lowest BCUT2D eigenvalue weighted by Crippen LogP contribution is -2.37. The van der Waals surface area contributed by atoms with Crippen molar-refractivity contribution in [3.8, 4) is 11.5 Å². The van der Waals surface area contributed by atoms with Gasteiger partial charge >= 0.3 is 0 Å². The molecule has 0 bridgehead atoms. The first-order valence-corrected chi connectivity index (χ1v) is 9.97. The molecule has 0 aromatic heterocycles. The second-order valence-corrected chi connectivity index (χ2v) is 7.11. The van der Waals surface area contributed by atoms with Crippen molar-refractivity contribution in [1.29, 1.82) is 0 Å². The van der Waals surface area contributed by atoms with Gasteiger partial charge in [-0.2, -0.15) is 11.8 Å². The summed E-state index contributed by atoms with van der Waals surface area (Å²) in [4.78, 5) is 25.9. The van der Waals surface area contributed by atoms with E-state index in [0.717, 1.165) is 17.2 Å². The number of amides is 2. The van der Waals surface area contributed by atoms with Crippen LogP contribution in [0.5, 0.6) is 11.5 Å². The lowest BCUT2D eigenvalue weighted by molar-refractivity contribution is -0.121. The molecular formula is C20H22N2O3S. The predicted molar refractivity (Wildman–Crippen MR) is 105 cm³/mol. The minimum absolute atomic E-state index is 0.00519. The molecule has 3 rings (SSSR count). The van der Waals surface area contributed by atoms with Crippen LogP contribution in [0, 0.1) is 0 Å². The van der Waals surface area contributed by atoms with Crippen LogP contribution in [0.4, 0.5) is 5.69 Å². The highest BCUT2D eigenvalue weighted by Crippen LogP contribution is 2.27. The highest BCUT2D eigenvalue weighted by atomic mass is 32.2. The summed E-state index contributed by atoms with van der Waals surface area (Å²) in [7, 11) is 0. The molecule has 1 fully saturated rings. The number of rotatable bonds is 7. The van der Waals surface area contributed by atoms with Crippen molar-refractivity contribution in [2.45, 2.75) is 18.9 Å². The summed E-state index contributed by atoms with van der Waals surface area (Å²) in [5.41, 5.74) is 0.816. The van der Waals surface area contributed by atoms with Gasteiger partial charge in [0.1, 0.15) is 11.5 Å². The average Bonchev–Trinajstić information content (AvgIpc) is 3.01. The third kappa shape index (κ3) is 4.79. The SMILES string of the molecule is CSCCC(=O)NC1CC(=O)N(c2ccc(Oc3ccccc3)cc2)C1. The molecule has 1 aliphatic rings. The summed E-state index contributed by atoms with van der Waals surface area (Å²) in [6.07, 6.45) is 2.80. The Morgan fingerprint density at radius 1 is 1.15 bits per heavy atom. The molecule has 136 valence electrons. The standard InChI is InChI=1S/C20H22N2O3S/c1-26-12-11-19(23)21-15-13-20(24)22(14-15)16-7-9-18(10-8-16)25-17-5-3-2-4-6-17/h2-10,15H,11-14H2,1H3,(H,21,23). The molecule has 0 radical (unpaired) electrons. The fourth-order valence-corrected chi connectivity index (χ4v) is 3.26. The first kappa shape index (κ1) is 18.3. The number of nitrogens with one attached hydrogen (secondary N) is 1. The topological polar surface area (TPSA) is 58.6 Å². The Balaban J connectivity index is 1.58. The molecule has 2 amide bonds. The molecule has 1 aliphatic heterocycles. The van der Waals surface area contributed by atoms with E-state index in [1.54, 1.807) is 16.7 Å². The van der Waals surface area contributed by atoms with Gasteiger partial charge in [-0.25, -0.2) is 0 Å². The van der Waals surface area contributed by atoms with Crippen LogP contribution < -0.4 is 15.0 Å². The Bertz CT molecular complexity index is 749. The molecule has 2 aromatic rings. The van der Waals surface area contributed by atoms with Gasteiger partial charge in [-0.3, -0.25) is 9.59 Å². The van der Waals surface area contributed by atoms with E-state index in [2.05, 4.69) is 5.32 Å². The van der Waals surface area contributed by atoms with Crippen molar-refractivity contribution in [1.82, 2.24) is 5.32 Å². The zero-order valence-electron chi connectivity index (χ0n) is 14.7. The third-order valence-electron chi connectivity index (χ3n) is 4.15. The lowest BCUT2D eigenvalue weighted by atomic mass is 10.2. The molecule has 5 nitrogen and oxygen atoms in total. The van der Waals surface area contributed by atoms with Crippen molar-refractivity contribution < 1.29 is 14.3 Å². The zero-order chi connectivity index (χ0) is 18.4. The van der Waals surface area contributed by atoms with Gasteiger partial charge in [0.05, 0.1) is 6.04 Å². The maximum Gasteiger partial charge on any atom is 0.229 e. The van der Waals surface area contributed by atoms with Crippen LogP contribution in [-0.2, 0) is 9.59 Å². The molecule has 0 saturated carbocycles. The Labute approximate surface area is 157 Å². The molecule has 1 unspecified atom stereocenters. The summed E-state index contributed by atoms with van der Waals surface area (Å²) in [6.45, 7) is 0.503. The van der Waals surface area contributed by atoms with Crippen molar-refractivity contribution in [3.05, 3.63) is 54.6 Å². The molecule has 1 saturated heterocycles. The van der Waals surface area contributed by atoms with Gasteiger partial charge in [0.15, 0.2) is 0 Å². The maximum absolute atomic E-state index is 12.3. The summed E-state index contributed by atoms with van der Waals surface area (Å²) in [5.74, 6) is 2.31. The number of thioether (sulfide) groups is 1. The molecule has 0 spiro atoms. The molecule has 1 N–H and O–H groups in total. The van der Waals surface area contributed by atoms with Gasteiger partial charge in [0.2, 0.25) is 11.8 Å². The minimum atomic E-state index is -0.128. The quantitative estimate of drug-likeness (QED) is 0.811. The van der Waals surface area contributed by atoms with E-state index in [1.165, 1.54) is 0 Å². The Morgan fingerprint density at radius 2 is 1.85 bits per heavy atom. The largest absolute Gasteiger partial charge is 0.457 e. The van der Waals surface area contributed by atoms with Gasteiger partial charge in [-0.05, 0) is 42.7 Å². The minimum Gasteiger partial charge on any atom is -0.457 e. The third-order valence-corrected chi connectivity index (χ3v) is 4.76. The smallest absolute Gasteiger partial charge is 0.229 e. The number of hydrogen-bond donors (Lipinski definition) is 1. The monoisotopic (exact) mass is 370 g/mol. The van der Waals surface area contributed by atoms with Crippen LogP contribution in [0.3, 0.4) is 0 Å². The van der Waals surface area contributed by atoms with Crippen molar-refractivity contribution in [2.75, 3.05) is 23.5 Å². The summed E-state index contributed by atoms with van der Waals surface area (Å²) >= 11 is 1.64. The second-order valence-electron chi connectivity index (χ2n) is 6.12. The molecule has 1 heterocycles. The number of carbonyl (C=O) groups is 2. The Morgan fingerprint density at radius 3 is 2.54 bits per heavy atom. The van der Waals surface area contributed by atoms with Crippen molar-refractivity contribution in [2.24, 2.45) is 0 Å². The average molecular weight is 370 g/mol. The van der Waals surface area contributed by atoms with Crippen LogP contribution in [0.15, 0.2) is 54.6 Å². The van der Waals surface area contributed by atoms with Crippen LogP contribution in [-0.4, -0.2) is 36.4 Å². The number of nitrogens with zero attached hydrogens (tertiary/aromatic N) is 1. The molecule has 0 aliphatic carbocycles. The number of ether oxygens (including phenoxy) is 1. The molecule has 26 heavy (non-hydrogen) atoms. The Hall–Kier alpha value is -2.47. The summed E-state index contributed by atoms with van der Waals surface area (Å²) in [6, 6.07) is 16.9. The van der Waals surface area contributed by atoms with E-state index >= 15 is 0 Å². The van der Waals surface area contributed by atoms with Gasteiger partial charge in [0.25, 0.3) is 0 Å². The number of carbonyl (C=O) groups excluding carboxylic acids is 2. The van der Waals surface area contributed by atoms with Crippen LogP contribution >= 0.6 is 11.8 Å². The normalized spacial score (nSPS) is 16.6. The van der Waals surface area contributed by atoms with E-state index in [1.807, 2.05) is 60.9 Å². The van der Waals surface area contributed by atoms with Crippen molar-refractivity contribution >= 4 is 29.3 Å². The van der Waals surface area contributed by atoms with Gasteiger partial charge in [0, 0.05) is 30.8 Å². The van der Waals surface area contributed by atoms with E-state index in [9.17, 15) is 9.59 Å². The highest BCUT2D eigenvalue weighted by molar-refractivity contribution is 7.98. The number of hydrogen-bond acceptors (Lipinski definition) is 4. The molecule has 6 heteroatoms. The van der Waals surface area contributed by atoms with Crippen LogP contribution in [0.25, 0.3) is 0 Å². The van der Waals surface area contributed by atoms with Gasteiger partial charge < -0.3 is 15.0 Å². The van der Waals surface area contributed by atoms with Crippen molar-refractivity contribution in [3.63, 3.8) is 0 Å². The second kappa shape index (κ2) is 8.76. The van der Waals surface area contributed by atoms with E-state index in [-0.39, 0.29) is 17.9 Å². The summed E-state index contributed by atoms with van der Waals surface area (Å²) < 4.78 is 5.77. The maximum atomic E-state index is 12.3.